The average molecular weight is 188 g/mol. The van der Waals surface area contributed by atoms with Crippen LogP contribution in [0.15, 0.2) is 24.4 Å². The van der Waals surface area contributed by atoms with Gasteiger partial charge < -0.3 is 4.90 Å². The molecule has 14 heavy (non-hydrogen) atoms. The molecule has 2 nitrogen and oxygen atoms in total. The second kappa shape index (κ2) is 3.06. The van der Waals surface area contributed by atoms with Crippen molar-refractivity contribution in [3.8, 4) is 0 Å². The first-order chi connectivity index (χ1) is 6.89. The molecule has 2 atom stereocenters. The summed E-state index contributed by atoms with van der Waals surface area (Å²) in [5.41, 5.74) is 1.72. The van der Waals surface area contributed by atoms with E-state index < -0.39 is 0 Å². The van der Waals surface area contributed by atoms with Gasteiger partial charge >= 0.3 is 0 Å². The number of piperidine rings is 1. The minimum absolute atomic E-state index is 0.402. The number of aromatic nitrogens is 1. The van der Waals surface area contributed by atoms with Gasteiger partial charge in [-0.15, -0.1) is 0 Å². The molecule has 0 spiro atoms. The first kappa shape index (κ1) is 8.42. The van der Waals surface area contributed by atoms with E-state index in [4.69, 9.17) is 0 Å². The molecule has 0 saturated carbocycles. The van der Waals surface area contributed by atoms with Crippen molar-refractivity contribution >= 4 is 0 Å². The lowest BCUT2D eigenvalue weighted by atomic mass is 9.78. The van der Waals surface area contributed by atoms with Gasteiger partial charge in [-0.3, -0.25) is 4.98 Å². The third-order valence-electron chi connectivity index (χ3n) is 3.77. The van der Waals surface area contributed by atoms with Crippen molar-refractivity contribution in [2.75, 3.05) is 19.6 Å². The maximum Gasteiger partial charge on any atom is 0.0478 e. The van der Waals surface area contributed by atoms with Gasteiger partial charge in [-0.1, -0.05) is 6.07 Å². The molecule has 0 radical (unpaired) electrons. The molecular weight excluding hydrogens is 172 g/mol. The van der Waals surface area contributed by atoms with E-state index in [0.29, 0.717) is 5.41 Å². The van der Waals surface area contributed by atoms with Crippen LogP contribution in [-0.2, 0) is 5.41 Å². The fourth-order valence-corrected chi connectivity index (χ4v) is 3.01. The molecule has 2 unspecified atom stereocenters. The molecule has 0 aliphatic carbocycles. The summed E-state index contributed by atoms with van der Waals surface area (Å²) in [6.45, 7) is 3.81. The summed E-state index contributed by atoms with van der Waals surface area (Å²) in [6.07, 6.45) is 5.92. The van der Waals surface area contributed by atoms with Crippen molar-refractivity contribution in [3.05, 3.63) is 30.1 Å². The normalized spacial score (nSPS) is 35.9. The quantitative estimate of drug-likeness (QED) is 0.668. The number of hydrogen-bond acceptors (Lipinski definition) is 2. The summed E-state index contributed by atoms with van der Waals surface area (Å²) in [5, 5.41) is 0. The van der Waals surface area contributed by atoms with Crippen molar-refractivity contribution < 1.29 is 0 Å². The van der Waals surface area contributed by atoms with E-state index in [9.17, 15) is 0 Å². The lowest BCUT2D eigenvalue weighted by Crippen LogP contribution is -2.37. The van der Waals surface area contributed by atoms with Crippen molar-refractivity contribution in [1.82, 2.24) is 9.88 Å². The molecule has 2 heteroatoms. The molecule has 2 fully saturated rings. The summed E-state index contributed by atoms with van der Waals surface area (Å²) in [4.78, 5) is 7.13. The predicted molar refractivity (Wildman–Crippen MR) is 56.2 cm³/mol. The smallest absolute Gasteiger partial charge is 0.0478 e. The standard InChI is InChI=1S/C12H16N2/c1-2-7-13-11(4-1)12-5-3-8-14(10-12)9-6-12/h1-2,4,7H,3,5-6,8-10H2. The van der Waals surface area contributed by atoms with Crippen LogP contribution in [-0.4, -0.2) is 29.5 Å². The summed E-state index contributed by atoms with van der Waals surface area (Å²) >= 11 is 0. The van der Waals surface area contributed by atoms with E-state index in [1.54, 1.807) is 0 Å². The lowest BCUT2D eigenvalue weighted by molar-refractivity contribution is 0.240. The Morgan fingerprint density at radius 2 is 2.21 bits per heavy atom. The maximum atomic E-state index is 4.55. The first-order valence-electron chi connectivity index (χ1n) is 5.53. The van der Waals surface area contributed by atoms with Gasteiger partial charge in [-0.25, -0.2) is 0 Å². The van der Waals surface area contributed by atoms with E-state index >= 15 is 0 Å². The SMILES string of the molecule is c1ccc(C23CCCN(CC2)C3)nc1. The van der Waals surface area contributed by atoms with Gasteiger partial charge in [0.15, 0.2) is 0 Å². The Bertz CT molecular complexity index is 318. The van der Waals surface area contributed by atoms with Crippen LogP contribution in [0, 0.1) is 0 Å². The fraction of sp³-hybridized carbons (Fsp3) is 0.583. The minimum Gasteiger partial charge on any atom is -0.302 e. The van der Waals surface area contributed by atoms with E-state index in [0.717, 1.165) is 0 Å². The molecule has 1 aromatic heterocycles. The Morgan fingerprint density at radius 1 is 1.21 bits per heavy atom. The molecule has 0 aromatic carbocycles. The Balaban J connectivity index is 1.97. The largest absolute Gasteiger partial charge is 0.302 e. The molecule has 0 amide bonds. The summed E-state index contributed by atoms with van der Waals surface area (Å²) in [7, 11) is 0. The van der Waals surface area contributed by atoms with E-state index in [2.05, 4.69) is 22.0 Å². The molecule has 2 bridgehead atoms. The van der Waals surface area contributed by atoms with Crippen molar-refractivity contribution in [2.45, 2.75) is 24.7 Å². The lowest BCUT2D eigenvalue weighted by Gasteiger charge is -2.33. The zero-order chi connectivity index (χ0) is 9.43. The van der Waals surface area contributed by atoms with Gasteiger partial charge in [0.25, 0.3) is 0 Å². The second-order valence-electron chi connectivity index (χ2n) is 4.63. The molecule has 2 aliphatic heterocycles. The minimum atomic E-state index is 0.402. The molecule has 74 valence electrons. The Hall–Kier alpha value is -0.890. The average Bonchev–Trinajstić information content (AvgIpc) is 2.57. The van der Waals surface area contributed by atoms with Crippen LogP contribution >= 0.6 is 0 Å². The van der Waals surface area contributed by atoms with Gasteiger partial charge in [0.2, 0.25) is 0 Å². The Labute approximate surface area is 85.0 Å². The van der Waals surface area contributed by atoms with Crippen LogP contribution in [0.25, 0.3) is 0 Å². The Morgan fingerprint density at radius 3 is 3.07 bits per heavy atom. The van der Waals surface area contributed by atoms with Gasteiger partial charge in [0.05, 0.1) is 0 Å². The Kier molecular flexibility index (Phi) is 1.84. The van der Waals surface area contributed by atoms with Gasteiger partial charge in [0.1, 0.15) is 0 Å². The third-order valence-corrected chi connectivity index (χ3v) is 3.77. The second-order valence-corrected chi connectivity index (χ2v) is 4.63. The number of hydrogen-bond donors (Lipinski definition) is 0. The molecule has 3 heterocycles. The number of rotatable bonds is 1. The zero-order valence-corrected chi connectivity index (χ0v) is 8.45. The highest BCUT2D eigenvalue weighted by atomic mass is 15.2. The molecule has 3 rings (SSSR count). The van der Waals surface area contributed by atoms with Crippen molar-refractivity contribution in [2.24, 2.45) is 0 Å². The van der Waals surface area contributed by atoms with Crippen LogP contribution in [0.5, 0.6) is 0 Å². The molecule has 1 aromatic rings. The van der Waals surface area contributed by atoms with Crippen molar-refractivity contribution in [3.63, 3.8) is 0 Å². The summed E-state index contributed by atoms with van der Waals surface area (Å²) in [5.74, 6) is 0. The number of nitrogens with zero attached hydrogens (tertiary/aromatic N) is 2. The van der Waals surface area contributed by atoms with Crippen molar-refractivity contribution in [1.29, 1.82) is 0 Å². The van der Waals surface area contributed by atoms with Crippen LogP contribution < -0.4 is 0 Å². The molecular formula is C12H16N2. The predicted octanol–water partition coefficient (Wildman–Crippen LogP) is 1.82. The van der Waals surface area contributed by atoms with Gasteiger partial charge in [0, 0.05) is 23.9 Å². The van der Waals surface area contributed by atoms with Crippen LogP contribution in [0.4, 0.5) is 0 Å². The summed E-state index contributed by atoms with van der Waals surface area (Å²) in [6, 6.07) is 6.33. The highest BCUT2D eigenvalue weighted by Gasteiger charge is 2.42. The maximum absolute atomic E-state index is 4.55. The zero-order valence-electron chi connectivity index (χ0n) is 8.45. The molecule has 2 aliphatic rings. The summed E-state index contributed by atoms with van der Waals surface area (Å²) < 4.78 is 0. The van der Waals surface area contributed by atoms with E-state index in [-0.39, 0.29) is 0 Å². The van der Waals surface area contributed by atoms with Crippen LogP contribution in [0.1, 0.15) is 25.0 Å². The van der Waals surface area contributed by atoms with Gasteiger partial charge in [-0.05, 0) is 44.5 Å². The first-order valence-corrected chi connectivity index (χ1v) is 5.53. The molecule has 2 saturated heterocycles. The number of pyridine rings is 1. The fourth-order valence-electron chi connectivity index (χ4n) is 3.01. The van der Waals surface area contributed by atoms with Gasteiger partial charge in [-0.2, -0.15) is 0 Å². The third kappa shape index (κ3) is 1.17. The van der Waals surface area contributed by atoms with E-state index in [1.165, 1.54) is 44.6 Å². The highest BCUT2D eigenvalue weighted by Crippen LogP contribution is 2.40. The molecule has 0 N–H and O–H groups in total. The van der Waals surface area contributed by atoms with Crippen LogP contribution in [0.3, 0.4) is 0 Å². The highest BCUT2D eigenvalue weighted by molar-refractivity contribution is 5.21. The monoisotopic (exact) mass is 188 g/mol. The number of fused-ring (bicyclic) bond motifs is 2. The topological polar surface area (TPSA) is 16.1 Å². The van der Waals surface area contributed by atoms with Crippen LogP contribution in [0.2, 0.25) is 0 Å². The van der Waals surface area contributed by atoms with E-state index in [1.807, 2.05) is 12.3 Å².